The van der Waals surface area contributed by atoms with Crippen molar-refractivity contribution < 1.29 is 24.2 Å². The molecule has 0 bridgehead atoms. The fraction of sp³-hybridized carbons (Fsp3) is 0.700. The third-order valence-corrected chi connectivity index (χ3v) is 1.58. The predicted molar refractivity (Wildman–Crippen MR) is 59.1 cm³/mol. The minimum absolute atomic E-state index is 0.0787. The van der Waals surface area contributed by atoms with Gasteiger partial charge in [-0.05, 0) is 20.8 Å². The molecular weight excluding hydrogens is 228 g/mol. The highest BCUT2D eigenvalue weighted by Gasteiger charge is 2.27. The summed E-state index contributed by atoms with van der Waals surface area (Å²) in [5, 5.41) is 10.6. The molecule has 0 spiro atoms. The van der Waals surface area contributed by atoms with Gasteiger partial charge in [-0.15, -0.1) is 0 Å². The van der Waals surface area contributed by atoms with Gasteiger partial charge in [-0.25, -0.2) is 4.79 Å². The smallest absolute Gasteiger partial charge is 0.333 e. The second-order valence-corrected chi connectivity index (χ2v) is 4.45. The van der Waals surface area contributed by atoms with Gasteiger partial charge in [0.05, 0.1) is 6.42 Å². The lowest BCUT2D eigenvalue weighted by molar-refractivity contribution is -0.158. The van der Waals surface area contributed by atoms with Crippen LogP contribution in [0.1, 0.15) is 27.2 Å². The van der Waals surface area contributed by atoms with Crippen molar-refractivity contribution in [3.05, 3.63) is 0 Å². The molecule has 0 heterocycles. The van der Waals surface area contributed by atoms with Gasteiger partial charge in [-0.2, -0.15) is 0 Å². The van der Waals surface area contributed by atoms with E-state index in [1.165, 1.54) is 0 Å². The number of amides is 1. The Morgan fingerprint density at radius 2 is 1.88 bits per heavy atom. The van der Waals surface area contributed by atoms with E-state index in [1.807, 2.05) is 0 Å². The lowest BCUT2D eigenvalue weighted by atomic mass is 10.2. The van der Waals surface area contributed by atoms with E-state index in [0.717, 1.165) is 0 Å². The summed E-state index contributed by atoms with van der Waals surface area (Å²) in [6, 6.07) is -1.44. The van der Waals surface area contributed by atoms with Crippen molar-refractivity contribution in [2.45, 2.75) is 38.8 Å². The Morgan fingerprint density at radius 1 is 1.35 bits per heavy atom. The van der Waals surface area contributed by atoms with Gasteiger partial charge in [0, 0.05) is 6.54 Å². The average Bonchev–Trinajstić information content (AvgIpc) is 2.13. The molecule has 0 saturated carbocycles. The van der Waals surface area contributed by atoms with Crippen LogP contribution in [0.4, 0.5) is 0 Å². The summed E-state index contributed by atoms with van der Waals surface area (Å²) in [7, 11) is 0. The molecule has 0 radical (unpaired) electrons. The first kappa shape index (κ1) is 15.4. The largest absolute Gasteiger partial charge is 0.481 e. The summed E-state index contributed by atoms with van der Waals surface area (Å²) in [5.41, 5.74) is 4.62. The highest BCUT2D eigenvalue weighted by atomic mass is 16.6. The summed E-state index contributed by atoms with van der Waals surface area (Å²) in [4.78, 5) is 32.9. The molecule has 0 aromatic heterocycles. The van der Waals surface area contributed by atoms with E-state index in [1.54, 1.807) is 20.8 Å². The first-order valence-corrected chi connectivity index (χ1v) is 5.11. The molecule has 7 heteroatoms. The Hall–Kier alpha value is -1.63. The molecule has 17 heavy (non-hydrogen) atoms. The van der Waals surface area contributed by atoms with Crippen LogP contribution in [0, 0.1) is 0 Å². The van der Waals surface area contributed by atoms with Crippen LogP contribution in [-0.2, 0) is 19.1 Å². The number of esters is 1. The number of aliphatic carboxylic acids is 1. The first-order valence-electron chi connectivity index (χ1n) is 5.11. The topological polar surface area (TPSA) is 119 Å². The zero-order chi connectivity index (χ0) is 13.6. The molecule has 0 aliphatic rings. The number of ether oxygens (including phenoxy) is 1. The van der Waals surface area contributed by atoms with Gasteiger partial charge in [0.15, 0.2) is 6.04 Å². The van der Waals surface area contributed by atoms with Crippen molar-refractivity contribution in [2.75, 3.05) is 6.54 Å². The number of carboxylic acid groups (broad SMARTS) is 1. The zero-order valence-electron chi connectivity index (χ0n) is 10.1. The summed E-state index contributed by atoms with van der Waals surface area (Å²) in [6.07, 6.45) is -0.229. The van der Waals surface area contributed by atoms with Crippen LogP contribution in [0.5, 0.6) is 0 Å². The molecule has 0 fully saturated rings. The monoisotopic (exact) mass is 246 g/mol. The third-order valence-electron chi connectivity index (χ3n) is 1.58. The van der Waals surface area contributed by atoms with Gasteiger partial charge in [0.25, 0.3) is 0 Å². The Balaban J connectivity index is 4.12. The number of nitrogens with one attached hydrogen (secondary N) is 1. The van der Waals surface area contributed by atoms with Gasteiger partial charge >= 0.3 is 11.9 Å². The minimum atomic E-state index is -1.44. The van der Waals surface area contributed by atoms with Crippen molar-refractivity contribution >= 4 is 17.8 Å². The molecule has 1 atom stereocenters. The molecule has 0 aromatic rings. The molecule has 0 aliphatic heterocycles. The van der Waals surface area contributed by atoms with E-state index in [4.69, 9.17) is 15.6 Å². The fourth-order valence-corrected chi connectivity index (χ4v) is 0.875. The maximum absolute atomic E-state index is 11.4. The maximum atomic E-state index is 11.4. The molecule has 4 N–H and O–H groups in total. The van der Waals surface area contributed by atoms with Crippen LogP contribution in [0.3, 0.4) is 0 Å². The van der Waals surface area contributed by atoms with Crippen LogP contribution in [0.2, 0.25) is 0 Å². The fourth-order valence-electron chi connectivity index (χ4n) is 0.875. The molecule has 0 aromatic carbocycles. The van der Waals surface area contributed by atoms with E-state index >= 15 is 0 Å². The Kier molecular flexibility index (Phi) is 5.60. The van der Waals surface area contributed by atoms with Crippen LogP contribution in [0.25, 0.3) is 0 Å². The Morgan fingerprint density at radius 3 is 2.29 bits per heavy atom. The van der Waals surface area contributed by atoms with E-state index in [-0.39, 0.29) is 13.0 Å². The first-order chi connectivity index (χ1) is 7.63. The van der Waals surface area contributed by atoms with Crippen LogP contribution in [0.15, 0.2) is 0 Å². The number of carbonyl (C=O) groups is 3. The average molecular weight is 246 g/mol. The molecule has 1 unspecified atom stereocenters. The third kappa shape index (κ3) is 7.29. The summed E-state index contributed by atoms with van der Waals surface area (Å²) in [6.45, 7) is 4.88. The number of hydrogen-bond acceptors (Lipinski definition) is 5. The number of hydrogen-bond donors (Lipinski definition) is 3. The van der Waals surface area contributed by atoms with Crippen LogP contribution >= 0.6 is 0 Å². The van der Waals surface area contributed by atoms with E-state index in [2.05, 4.69) is 5.32 Å². The van der Waals surface area contributed by atoms with Crippen molar-refractivity contribution in [1.82, 2.24) is 5.32 Å². The van der Waals surface area contributed by atoms with Crippen molar-refractivity contribution in [3.63, 3.8) is 0 Å². The quantitative estimate of drug-likeness (QED) is 0.433. The van der Waals surface area contributed by atoms with Crippen LogP contribution < -0.4 is 11.1 Å². The molecule has 7 nitrogen and oxygen atoms in total. The number of rotatable bonds is 5. The van der Waals surface area contributed by atoms with Gasteiger partial charge in [0.1, 0.15) is 5.60 Å². The predicted octanol–water partition coefficient (Wildman–Crippen LogP) is -0.754. The number of nitrogens with two attached hydrogens (primary N) is 1. The second kappa shape index (κ2) is 6.19. The van der Waals surface area contributed by atoms with Crippen LogP contribution in [-0.4, -0.2) is 41.1 Å². The molecule has 0 saturated heterocycles. The van der Waals surface area contributed by atoms with E-state index in [0.29, 0.717) is 0 Å². The maximum Gasteiger partial charge on any atom is 0.333 e. The molecule has 0 rings (SSSR count). The van der Waals surface area contributed by atoms with Gasteiger partial charge in [-0.1, -0.05) is 0 Å². The lowest BCUT2D eigenvalue weighted by Crippen LogP contribution is -2.48. The normalized spacial score (nSPS) is 12.7. The highest BCUT2D eigenvalue weighted by molar-refractivity contribution is 6.01. The molecular formula is C10H18N2O5. The van der Waals surface area contributed by atoms with Gasteiger partial charge < -0.3 is 20.9 Å². The Bertz CT molecular complexity index is 308. The van der Waals surface area contributed by atoms with Crippen molar-refractivity contribution in [1.29, 1.82) is 0 Å². The van der Waals surface area contributed by atoms with Gasteiger partial charge in [-0.3, -0.25) is 9.59 Å². The summed E-state index contributed by atoms with van der Waals surface area (Å²) >= 11 is 0. The van der Waals surface area contributed by atoms with Crippen molar-refractivity contribution in [2.24, 2.45) is 5.73 Å². The number of carboxylic acids is 1. The van der Waals surface area contributed by atoms with Crippen molar-refractivity contribution in [3.8, 4) is 0 Å². The summed E-state index contributed by atoms with van der Waals surface area (Å²) < 4.78 is 4.91. The highest BCUT2D eigenvalue weighted by Crippen LogP contribution is 2.07. The molecule has 98 valence electrons. The minimum Gasteiger partial charge on any atom is -0.481 e. The zero-order valence-corrected chi connectivity index (χ0v) is 10.1. The molecule has 0 aliphatic carbocycles. The van der Waals surface area contributed by atoms with E-state index < -0.39 is 29.5 Å². The van der Waals surface area contributed by atoms with Gasteiger partial charge in [0.2, 0.25) is 5.91 Å². The second-order valence-electron chi connectivity index (χ2n) is 4.45. The number of carbonyl (C=O) groups excluding carboxylic acids is 2. The summed E-state index contributed by atoms with van der Waals surface area (Å²) in [5.74, 6) is -2.64. The Labute approximate surface area is 99.3 Å². The molecule has 1 amide bonds. The SMILES string of the molecule is CC(C)(C)OC(=O)C(N)C(=O)NCCC(=O)O. The standard InChI is InChI=1S/C10H18N2O5/c1-10(2,3)17-9(16)7(11)8(15)12-5-4-6(13)14/h7H,4-5,11H2,1-3H3,(H,12,15)(H,13,14). The van der Waals surface area contributed by atoms with E-state index in [9.17, 15) is 14.4 Å². The lowest BCUT2D eigenvalue weighted by Gasteiger charge is -2.21.